The average molecular weight is 426 g/mol. The standard InChI is InChI=1S/C21H32ClN3O4/c1-14-11-15(7-8-16(14)22)23-18(26)17(24-19(27)29-20(2,3)4)9-10-21(25(5)6)12-28-13-21/h7-8,11,17H,9-10,12-13H2,1-6H3,(H,23,26)(H,24,27). The van der Waals surface area contributed by atoms with Crippen molar-refractivity contribution >= 4 is 29.3 Å². The summed E-state index contributed by atoms with van der Waals surface area (Å²) in [6, 6.07) is 4.53. The molecule has 1 aliphatic heterocycles. The first-order valence-electron chi connectivity index (χ1n) is 9.74. The molecule has 8 heteroatoms. The highest BCUT2D eigenvalue weighted by molar-refractivity contribution is 6.31. The quantitative estimate of drug-likeness (QED) is 0.697. The topological polar surface area (TPSA) is 79.9 Å². The first-order valence-corrected chi connectivity index (χ1v) is 10.1. The van der Waals surface area contributed by atoms with Crippen molar-refractivity contribution in [1.82, 2.24) is 10.2 Å². The van der Waals surface area contributed by atoms with Crippen LogP contribution in [0.15, 0.2) is 18.2 Å². The molecule has 1 heterocycles. The van der Waals surface area contributed by atoms with Crippen LogP contribution in [0.1, 0.15) is 39.2 Å². The number of alkyl carbamates (subject to hydrolysis) is 1. The SMILES string of the molecule is Cc1cc(NC(=O)C(CCC2(N(C)C)COC2)NC(=O)OC(C)(C)C)ccc1Cl. The molecule has 1 aromatic rings. The highest BCUT2D eigenvalue weighted by Crippen LogP contribution is 2.29. The van der Waals surface area contributed by atoms with E-state index in [2.05, 4.69) is 15.5 Å². The Bertz CT molecular complexity index is 742. The summed E-state index contributed by atoms with van der Waals surface area (Å²) >= 11 is 6.06. The Morgan fingerprint density at radius 2 is 1.97 bits per heavy atom. The van der Waals surface area contributed by atoms with Crippen LogP contribution < -0.4 is 10.6 Å². The molecule has 1 fully saturated rings. The normalized spacial score (nSPS) is 16.7. The number of hydrogen-bond donors (Lipinski definition) is 2. The molecule has 1 saturated heterocycles. The molecule has 0 saturated carbocycles. The molecule has 7 nitrogen and oxygen atoms in total. The lowest BCUT2D eigenvalue weighted by Crippen LogP contribution is -2.60. The number of likely N-dealkylation sites (N-methyl/N-ethyl adjacent to an activating group) is 1. The van der Waals surface area contributed by atoms with E-state index in [0.29, 0.717) is 36.8 Å². The molecule has 29 heavy (non-hydrogen) atoms. The summed E-state index contributed by atoms with van der Waals surface area (Å²) in [6.45, 7) is 8.43. The van der Waals surface area contributed by atoms with Crippen molar-refractivity contribution in [3.05, 3.63) is 28.8 Å². The van der Waals surface area contributed by atoms with Crippen LogP contribution >= 0.6 is 11.6 Å². The van der Waals surface area contributed by atoms with Gasteiger partial charge in [0.15, 0.2) is 0 Å². The monoisotopic (exact) mass is 425 g/mol. The number of halogens is 1. The number of hydrogen-bond acceptors (Lipinski definition) is 5. The first kappa shape index (κ1) is 23.4. The van der Waals surface area contributed by atoms with Crippen molar-refractivity contribution in [2.75, 3.05) is 32.6 Å². The third-order valence-electron chi connectivity index (χ3n) is 5.02. The second kappa shape index (κ2) is 9.32. The van der Waals surface area contributed by atoms with Gasteiger partial charge in [-0.15, -0.1) is 0 Å². The fourth-order valence-corrected chi connectivity index (χ4v) is 3.16. The number of rotatable bonds is 7. The third-order valence-corrected chi connectivity index (χ3v) is 5.45. The zero-order valence-corrected chi connectivity index (χ0v) is 18.9. The lowest BCUT2D eigenvalue weighted by atomic mass is 9.88. The zero-order valence-electron chi connectivity index (χ0n) is 18.1. The number of nitrogens with zero attached hydrogens (tertiary/aromatic N) is 1. The van der Waals surface area contributed by atoms with Gasteiger partial charge in [-0.3, -0.25) is 9.69 Å². The maximum absolute atomic E-state index is 12.9. The maximum Gasteiger partial charge on any atom is 0.408 e. The molecule has 162 valence electrons. The van der Waals surface area contributed by atoms with E-state index >= 15 is 0 Å². The number of carbonyl (C=O) groups excluding carboxylic acids is 2. The van der Waals surface area contributed by atoms with Gasteiger partial charge in [0.05, 0.1) is 18.8 Å². The number of aryl methyl sites for hydroxylation is 1. The van der Waals surface area contributed by atoms with Crippen molar-refractivity contribution in [1.29, 1.82) is 0 Å². The minimum atomic E-state index is -0.738. The van der Waals surface area contributed by atoms with Crippen molar-refractivity contribution in [2.24, 2.45) is 0 Å². The average Bonchev–Trinajstić information content (AvgIpc) is 2.54. The van der Waals surface area contributed by atoms with Gasteiger partial charge in [0.2, 0.25) is 5.91 Å². The largest absolute Gasteiger partial charge is 0.444 e. The van der Waals surface area contributed by atoms with Crippen molar-refractivity contribution in [3.8, 4) is 0 Å². The summed E-state index contributed by atoms with van der Waals surface area (Å²) < 4.78 is 10.7. The molecule has 2 rings (SSSR count). The van der Waals surface area contributed by atoms with E-state index in [9.17, 15) is 9.59 Å². The van der Waals surface area contributed by atoms with Crippen molar-refractivity contribution < 1.29 is 19.1 Å². The smallest absolute Gasteiger partial charge is 0.408 e. The molecule has 0 aromatic heterocycles. The molecule has 2 N–H and O–H groups in total. The summed E-state index contributed by atoms with van der Waals surface area (Å²) in [6.07, 6.45) is 0.542. The van der Waals surface area contributed by atoms with Gasteiger partial charge in [-0.05, 0) is 78.4 Å². The summed E-state index contributed by atoms with van der Waals surface area (Å²) in [5.74, 6) is -0.299. The Hall–Kier alpha value is -1.83. The van der Waals surface area contributed by atoms with Gasteiger partial charge < -0.3 is 20.1 Å². The molecule has 0 spiro atoms. The van der Waals surface area contributed by atoms with Gasteiger partial charge in [-0.25, -0.2) is 4.79 Å². The molecule has 0 bridgehead atoms. The first-order chi connectivity index (χ1) is 13.4. The molecule has 1 aromatic carbocycles. The number of carbonyl (C=O) groups is 2. The highest BCUT2D eigenvalue weighted by atomic mass is 35.5. The Morgan fingerprint density at radius 1 is 1.31 bits per heavy atom. The van der Waals surface area contributed by atoms with E-state index in [0.717, 1.165) is 5.56 Å². The van der Waals surface area contributed by atoms with E-state index in [1.54, 1.807) is 39.0 Å². The van der Waals surface area contributed by atoms with Gasteiger partial charge in [-0.1, -0.05) is 11.6 Å². The number of ether oxygens (including phenoxy) is 2. The predicted octanol–water partition coefficient (Wildman–Crippen LogP) is 3.59. The summed E-state index contributed by atoms with van der Waals surface area (Å²) in [5.41, 5.74) is 0.720. The number of amides is 2. The molecular weight excluding hydrogens is 394 g/mol. The minimum absolute atomic E-state index is 0.120. The van der Waals surface area contributed by atoms with Crippen LogP contribution in [0.4, 0.5) is 10.5 Å². The number of nitrogens with one attached hydrogen (secondary N) is 2. The molecule has 1 unspecified atom stereocenters. The fraction of sp³-hybridized carbons (Fsp3) is 0.619. The van der Waals surface area contributed by atoms with Crippen LogP contribution in [0.3, 0.4) is 0 Å². The third kappa shape index (κ3) is 6.59. The van der Waals surface area contributed by atoms with E-state index in [1.807, 2.05) is 21.0 Å². The van der Waals surface area contributed by atoms with Crippen LogP contribution in [0.5, 0.6) is 0 Å². The lowest BCUT2D eigenvalue weighted by molar-refractivity contribution is -0.132. The van der Waals surface area contributed by atoms with Gasteiger partial charge >= 0.3 is 6.09 Å². The minimum Gasteiger partial charge on any atom is -0.444 e. The van der Waals surface area contributed by atoms with Gasteiger partial charge in [0.1, 0.15) is 11.6 Å². The second-order valence-electron chi connectivity index (χ2n) is 8.80. The van der Waals surface area contributed by atoms with Crippen LogP contribution in [0, 0.1) is 6.92 Å². The predicted molar refractivity (Wildman–Crippen MR) is 114 cm³/mol. The zero-order chi connectivity index (χ0) is 21.8. The maximum atomic E-state index is 12.9. The van der Waals surface area contributed by atoms with Gasteiger partial charge in [0.25, 0.3) is 0 Å². The molecule has 0 aliphatic carbocycles. The Labute approximate surface area is 178 Å². The fourth-order valence-electron chi connectivity index (χ4n) is 3.05. The van der Waals surface area contributed by atoms with Gasteiger partial charge in [-0.2, -0.15) is 0 Å². The lowest BCUT2D eigenvalue weighted by Gasteiger charge is -2.47. The van der Waals surface area contributed by atoms with Crippen molar-refractivity contribution in [2.45, 2.75) is 57.7 Å². The molecule has 1 aliphatic rings. The van der Waals surface area contributed by atoms with Crippen LogP contribution in [0.25, 0.3) is 0 Å². The Balaban J connectivity index is 2.10. The summed E-state index contributed by atoms with van der Waals surface area (Å²) in [5, 5.41) is 6.22. The molecular formula is C21H32ClN3O4. The van der Waals surface area contributed by atoms with E-state index in [-0.39, 0.29) is 11.4 Å². The highest BCUT2D eigenvalue weighted by Gasteiger charge is 2.41. The van der Waals surface area contributed by atoms with Crippen LogP contribution in [0.2, 0.25) is 5.02 Å². The van der Waals surface area contributed by atoms with E-state index in [4.69, 9.17) is 21.1 Å². The molecule has 2 amide bonds. The Morgan fingerprint density at radius 3 is 2.45 bits per heavy atom. The van der Waals surface area contributed by atoms with Crippen LogP contribution in [-0.2, 0) is 14.3 Å². The van der Waals surface area contributed by atoms with E-state index < -0.39 is 17.7 Å². The summed E-state index contributed by atoms with van der Waals surface area (Å²) in [7, 11) is 3.99. The molecule has 1 atom stereocenters. The second-order valence-corrected chi connectivity index (χ2v) is 9.21. The molecule has 0 radical (unpaired) electrons. The van der Waals surface area contributed by atoms with Gasteiger partial charge in [0, 0.05) is 10.7 Å². The Kier molecular flexibility index (Phi) is 7.54. The number of anilines is 1. The van der Waals surface area contributed by atoms with Crippen LogP contribution in [-0.4, -0.2) is 61.4 Å². The number of benzene rings is 1. The summed E-state index contributed by atoms with van der Waals surface area (Å²) in [4.78, 5) is 27.4. The van der Waals surface area contributed by atoms with E-state index in [1.165, 1.54) is 0 Å². The van der Waals surface area contributed by atoms with Crippen molar-refractivity contribution in [3.63, 3.8) is 0 Å².